The van der Waals surface area contributed by atoms with Crippen LogP contribution in [0.25, 0.3) is 0 Å². The molecule has 0 saturated heterocycles. The predicted molar refractivity (Wildman–Crippen MR) is 78.3 cm³/mol. The third kappa shape index (κ3) is 3.41. The number of rotatable bonds is 3. The molecule has 0 aliphatic rings. The summed E-state index contributed by atoms with van der Waals surface area (Å²) >= 11 is 2.92. The van der Waals surface area contributed by atoms with Gasteiger partial charge in [-0.3, -0.25) is 4.79 Å². The Morgan fingerprint density at radius 1 is 1.53 bits per heavy atom. The topological polar surface area (TPSA) is 68.0 Å². The van der Waals surface area contributed by atoms with Crippen molar-refractivity contribution >= 4 is 28.6 Å². The van der Waals surface area contributed by atoms with E-state index in [2.05, 4.69) is 22.1 Å². The van der Waals surface area contributed by atoms with Crippen molar-refractivity contribution < 1.29 is 4.79 Å². The van der Waals surface area contributed by atoms with Crippen molar-refractivity contribution in [2.45, 2.75) is 13.5 Å². The van der Waals surface area contributed by atoms with E-state index in [0.717, 1.165) is 16.1 Å². The molecule has 2 heterocycles. The zero-order valence-corrected chi connectivity index (χ0v) is 12.0. The number of hydrogen-bond donors (Lipinski definition) is 2. The van der Waals surface area contributed by atoms with E-state index in [-0.39, 0.29) is 5.91 Å². The summed E-state index contributed by atoms with van der Waals surface area (Å²) in [6.07, 6.45) is 0. The molecule has 0 spiro atoms. The molecule has 4 nitrogen and oxygen atoms in total. The van der Waals surface area contributed by atoms with Crippen LogP contribution in [-0.4, -0.2) is 17.4 Å². The first-order valence-electron chi connectivity index (χ1n) is 5.66. The van der Waals surface area contributed by atoms with Gasteiger partial charge in [0.15, 0.2) is 0 Å². The third-order valence-electron chi connectivity index (χ3n) is 2.43. The van der Waals surface area contributed by atoms with E-state index in [1.54, 1.807) is 16.8 Å². The molecule has 0 aliphatic heterocycles. The van der Waals surface area contributed by atoms with Gasteiger partial charge in [-0.05, 0) is 18.4 Å². The lowest BCUT2D eigenvalue weighted by Crippen LogP contribution is -2.22. The molecule has 98 valence electrons. The summed E-state index contributed by atoms with van der Waals surface area (Å²) < 4.78 is 0. The molecule has 6 heteroatoms. The largest absolute Gasteiger partial charge is 0.346 e. The second kappa shape index (κ2) is 6.48. The van der Waals surface area contributed by atoms with Gasteiger partial charge in [0, 0.05) is 10.4 Å². The summed E-state index contributed by atoms with van der Waals surface area (Å²) in [6, 6.07) is 1.94. The summed E-state index contributed by atoms with van der Waals surface area (Å²) in [4.78, 5) is 17.7. The number of hydrogen-bond acceptors (Lipinski definition) is 5. The Hall–Kier alpha value is -1.68. The fourth-order valence-electron chi connectivity index (χ4n) is 1.50. The molecule has 2 rings (SSSR count). The average molecular weight is 291 g/mol. The Labute approximate surface area is 119 Å². The Balaban J connectivity index is 2.02. The Kier molecular flexibility index (Phi) is 4.68. The molecule has 19 heavy (non-hydrogen) atoms. The summed E-state index contributed by atoms with van der Waals surface area (Å²) in [5.74, 6) is 5.72. The number of thiazole rings is 1. The fourth-order valence-corrected chi connectivity index (χ4v) is 2.98. The summed E-state index contributed by atoms with van der Waals surface area (Å²) in [5, 5.41) is 4.85. The number of thiophene rings is 1. The summed E-state index contributed by atoms with van der Waals surface area (Å²) in [6.45, 7) is 2.64. The quantitative estimate of drug-likeness (QED) is 0.847. The van der Waals surface area contributed by atoms with Crippen LogP contribution in [0.15, 0.2) is 17.0 Å². The van der Waals surface area contributed by atoms with Crippen LogP contribution in [0.2, 0.25) is 0 Å². The zero-order valence-electron chi connectivity index (χ0n) is 10.4. The normalized spacial score (nSPS) is 9.79. The van der Waals surface area contributed by atoms with Gasteiger partial charge in [-0.15, -0.1) is 22.7 Å². The Morgan fingerprint density at radius 3 is 3.05 bits per heavy atom. The van der Waals surface area contributed by atoms with Gasteiger partial charge in [-0.1, -0.05) is 11.8 Å². The van der Waals surface area contributed by atoms with Crippen LogP contribution >= 0.6 is 22.7 Å². The maximum Gasteiger partial charge on any atom is 0.263 e. The van der Waals surface area contributed by atoms with Crippen molar-refractivity contribution in [1.29, 1.82) is 0 Å². The van der Waals surface area contributed by atoms with Crippen LogP contribution in [0, 0.1) is 18.8 Å². The van der Waals surface area contributed by atoms with Crippen molar-refractivity contribution in [3.63, 3.8) is 0 Å². The van der Waals surface area contributed by atoms with Crippen LogP contribution in [0.3, 0.4) is 0 Å². The third-order valence-corrected chi connectivity index (χ3v) is 4.28. The standard InChI is InChI=1S/C13H13N3OS2/c1-9-12(19-8-16-9)13(17)15-7-11-10(3-2-5-14)4-6-18-11/h4,6,8H,5,7,14H2,1H3,(H,15,17). The molecule has 0 aromatic carbocycles. The van der Waals surface area contributed by atoms with Crippen molar-refractivity contribution in [2.75, 3.05) is 6.54 Å². The number of carbonyl (C=O) groups is 1. The number of nitrogens with one attached hydrogen (secondary N) is 1. The van der Waals surface area contributed by atoms with E-state index < -0.39 is 0 Å². The Morgan fingerprint density at radius 2 is 2.37 bits per heavy atom. The van der Waals surface area contributed by atoms with E-state index in [1.807, 2.05) is 18.4 Å². The van der Waals surface area contributed by atoms with Crippen LogP contribution in [0.1, 0.15) is 25.8 Å². The van der Waals surface area contributed by atoms with Gasteiger partial charge in [-0.2, -0.15) is 0 Å². The summed E-state index contributed by atoms with van der Waals surface area (Å²) in [5.41, 5.74) is 8.72. The molecule has 0 aliphatic carbocycles. The maximum atomic E-state index is 12.0. The van der Waals surface area contributed by atoms with Gasteiger partial charge in [0.05, 0.1) is 24.3 Å². The lowest BCUT2D eigenvalue weighted by Gasteiger charge is -2.03. The lowest BCUT2D eigenvalue weighted by atomic mass is 10.2. The van der Waals surface area contributed by atoms with E-state index in [1.165, 1.54) is 11.3 Å². The first-order chi connectivity index (χ1) is 9.22. The molecular formula is C13H13N3OS2. The van der Waals surface area contributed by atoms with E-state index in [9.17, 15) is 4.79 Å². The lowest BCUT2D eigenvalue weighted by molar-refractivity contribution is 0.0954. The highest BCUT2D eigenvalue weighted by molar-refractivity contribution is 7.12. The van der Waals surface area contributed by atoms with Crippen molar-refractivity contribution in [3.05, 3.63) is 38.0 Å². The second-order valence-corrected chi connectivity index (χ2v) is 5.57. The first-order valence-corrected chi connectivity index (χ1v) is 7.42. The molecular weight excluding hydrogens is 278 g/mol. The van der Waals surface area contributed by atoms with E-state index in [4.69, 9.17) is 5.73 Å². The number of aromatic nitrogens is 1. The van der Waals surface area contributed by atoms with Crippen LogP contribution in [0.4, 0.5) is 0 Å². The van der Waals surface area contributed by atoms with Crippen LogP contribution in [0.5, 0.6) is 0 Å². The van der Waals surface area contributed by atoms with Crippen LogP contribution in [-0.2, 0) is 6.54 Å². The molecule has 3 N–H and O–H groups in total. The smallest absolute Gasteiger partial charge is 0.263 e. The fraction of sp³-hybridized carbons (Fsp3) is 0.231. The molecule has 0 atom stereocenters. The predicted octanol–water partition coefficient (Wildman–Crippen LogP) is 1.75. The molecule has 2 aromatic heterocycles. The number of amides is 1. The molecule has 0 radical (unpaired) electrons. The van der Waals surface area contributed by atoms with Gasteiger partial charge in [0.2, 0.25) is 0 Å². The second-order valence-electron chi connectivity index (χ2n) is 3.71. The van der Waals surface area contributed by atoms with E-state index in [0.29, 0.717) is 18.0 Å². The minimum atomic E-state index is -0.0915. The van der Waals surface area contributed by atoms with Gasteiger partial charge >= 0.3 is 0 Å². The zero-order chi connectivity index (χ0) is 13.7. The SMILES string of the molecule is Cc1ncsc1C(=O)NCc1sccc1C#CCN. The monoisotopic (exact) mass is 291 g/mol. The molecule has 1 amide bonds. The molecule has 0 fully saturated rings. The van der Waals surface area contributed by atoms with Crippen molar-refractivity contribution in [3.8, 4) is 11.8 Å². The van der Waals surface area contributed by atoms with Crippen molar-refractivity contribution in [2.24, 2.45) is 5.73 Å². The number of aryl methyl sites for hydroxylation is 1. The molecule has 2 aromatic rings. The molecule has 0 unspecified atom stereocenters. The highest BCUT2D eigenvalue weighted by atomic mass is 32.1. The maximum absolute atomic E-state index is 12.0. The highest BCUT2D eigenvalue weighted by Crippen LogP contribution is 2.16. The number of carbonyl (C=O) groups excluding carboxylic acids is 1. The van der Waals surface area contributed by atoms with Crippen molar-refractivity contribution in [1.82, 2.24) is 10.3 Å². The molecule has 0 saturated carbocycles. The number of nitrogens with two attached hydrogens (primary N) is 1. The average Bonchev–Trinajstić information content (AvgIpc) is 3.02. The highest BCUT2D eigenvalue weighted by Gasteiger charge is 2.12. The van der Waals surface area contributed by atoms with Crippen LogP contribution < -0.4 is 11.1 Å². The van der Waals surface area contributed by atoms with Gasteiger partial charge in [0.25, 0.3) is 5.91 Å². The van der Waals surface area contributed by atoms with Gasteiger partial charge in [0.1, 0.15) is 4.88 Å². The minimum Gasteiger partial charge on any atom is -0.346 e. The van der Waals surface area contributed by atoms with Gasteiger partial charge < -0.3 is 11.1 Å². The minimum absolute atomic E-state index is 0.0915. The Bertz CT molecular complexity index is 634. The molecule has 0 bridgehead atoms. The number of nitrogens with zero attached hydrogens (tertiary/aromatic N) is 1. The first kappa shape index (κ1) is 13.7. The van der Waals surface area contributed by atoms with E-state index >= 15 is 0 Å². The van der Waals surface area contributed by atoms with Gasteiger partial charge in [-0.25, -0.2) is 4.98 Å². The summed E-state index contributed by atoms with van der Waals surface area (Å²) in [7, 11) is 0.